The van der Waals surface area contributed by atoms with Crippen LogP contribution in [0.2, 0.25) is 0 Å². The first kappa shape index (κ1) is 15.8. The van der Waals surface area contributed by atoms with Crippen molar-refractivity contribution in [3.63, 3.8) is 0 Å². The van der Waals surface area contributed by atoms with Gasteiger partial charge in [0.15, 0.2) is 0 Å². The van der Waals surface area contributed by atoms with Crippen molar-refractivity contribution in [3.05, 3.63) is 0 Å². The summed E-state index contributed by atoms with van der Waals surface area (Å²) in [6, 6.07) is -0.898. The van der Waals surface area contributed by atoms with E-state index in [-0.39, 0.29) is 5.41 Å². The second kappa shape index (κ2) is 5.39. The van der Waals surface area contributed by atoms with Gasteiger partial charge >= 0.3 is 12.1 Å². The van der Waals surface area contributed by atoms with Gasteiger partial charge in [-0.1, -0.05) is 13.8 Å². The van der Waals surface area contributed by atoms with Gasteiger partial charge < -0.3 is 15.2 Å². The third-order valence-electron chi connectivity index (χ3n) is 3.40. The summed E-state index contributed by atoms with van der Waals surface area (Å²) in [5.41, 5.74) is -0.697. The fraction of sp³-hybridized carbons (Fsp3) is 0.857. The minimum atomic E-state index is -1.01. The Morgan fingerprint density at radius 1 is 1.26 bits per heavy atom. The minimum absolute atomic E-state index is 0.0714. The number of carboxylic acid groups (broad SMARTS) is 1. The standard InChI is InChI=1S/C14H25NO4/c1-13(2,3)19-12(18)15-10(11(16)17)8-14(4,5)9-6-7-9/h9-10H,6-8H2,1-5H3,(H,15,18)(H,16,17). The van der Waals surface area contributed by atoms with E-state index in [1.165, 1.54) is 0 Å². The van der Waals surface area contributed by atoms with Crippen LogP contribution in [0, 0.1) is 11.3 Å². The second-order valence-corrected chi connectivity index (χ2v) is 7.00. The Balaban J connectivity index is 2.58. The van der Waals surface area contributed by atoms with Crippen LogP contribution in [-0.4, -0.2) is 28.8 Å². The predicted octanol–water partition coefficient (Wildman–Crippen LogP) is 2.79. The molecule has 0 aromatic rings. The third-order valence-corrected chi connectivity index (χ3v) is 3.40. The zero-order valence-electron chi connectivity index (χ0n) is 12.4. The predicted molar refractivity (Wildman–Crippen MR) is 71.9 cm³/mol. The van der Waals surface area contributed by atoms with Crippen LogP contribution in [0.1, 0.15) is 53.9 Å². The summed E-state index contributed by atoms with van der Waals surface area (Å²) in [7, 11) is 0. The number of nitrogens with one attached hydrogen (secondary N) is 1. The van der Waals surface area contributed by atoms with E-state index in [9.17, 15) is 14.7 Å². The van der Waals surface area contributed by atoms with Crippen LogP contribution in [0.25, 0.3) is 0 Å². The quantitative estimate of drug-likeness (QED) is 0.806. The molecule has 0 radical (unpaired) electrons. The normalized spacial score (nSPS) is 17.7. The van der Waals surface area contributed by atoms with Crippen molar-refractivity contribution in [3.8, 4) is 0 Å². The molecular formula is C14H25NO4. The first-order valence-electron chi connectivity index (χ1n) is 6.73. The molecule has 0 aliphatic heterocycles. The monoisotopic (exact) mass is 271 g/mol. The fourth-order valence-corrected chi connectivity index (χ4v) is 2.21. The molecule has 0 saturated heterocycles. The molecule has 1 saturated carbocycles. The molecule has 1 atom stereocenters. The van der Waals surface area contributed by atoms with E-state index in [2.05, 4.69) is 19.2 Å². The van der Waals surface area contributed by atoms with Crippen LogP contribution in [0.4, 0.5) is 4.79 Å². The van der Waals surface area contributed by atoms with Gasteiger partial charge in [0.25, 0.3) is 0 Å². The lowest BCUT2D eigenvalue weighted by atomic mass is 9.81. The fourth-order valence-electron chi connectivity index (χ4n) is 2.21. The molecule has 1 aliphatic carbocycles. The summed E-state index contributed by atoms with van der Waals surface area (Å²) in [6.45, 7) is 9.35. The number of ether oxygens (including phenoxy) is 1. The SMILES string of the molecule is CC(C)(C)OC(=O)NC(CC(C)(C)C1CC1)C(=O)O. The van der Waals surface area contributed by atoms with Crippen molar-refractivity contribution in [2.24, 2.45) is 11.3 Å². The molecule has 5 nitrogen and oxygen atoms in total. The van der Waals surface area contributed by atoms with Gasteiger partial charge in [-0.25, -0.2) is 9.59 Å². The Kier molecular flexibility index (Phi) is 4.48. The van der Waals surface area contributed by atoms with Crippen LogP contribution < -0.4 is 5.32 Å². The number of carbonyl (C=O) groups excluding carboxylic acids is 1. The van der Waals surface area contributed by atoms with Gasteiger partial charge in [0.05, 0.1) is 0 Å². The lowest BCUT2D eigenvalue weighted by Gasteiger charge is -2.29. The van der Waals surface area contributed by atoms with E-state index in [1.807, 2.05) is 0 Å². The Morgan fingerprint density at radius 3 is 2.16 bits per heavy atom. The molecule has 2 N–H and O–H groups in total. The van der Waals surface area contributed by atoms with E-state index in [4.69, 9.17) is 4.74 Å². The van der Waals surface area contributed by atoms with Gasteiger partial charge in [-0.2, -0.15) is 0 Å². The Hall–Kier alpha value is -1.26. The highest BCUT2D eigenvalue weighted by atomic mass is 16.6. The molecule has 0 spiro atoms. The number of carboxylic acids is 1. The number of carbonyl (C=O) groups is 2. The lowest BCUT2D eigenvalue weighted by Crippen LogP contribution is -2.45. The maximum Gasteiger partial charge on any atom is 0.408 e. The molecule has 5 heteroatoms. The maximum atomic E-state index is 11.6. The molecule has 0 aromatic carbocycles. The van der Waals surface area contributed by atoms with Crippen molar-refractivity contribution in [2.75, 3.05) is 0 Å². The molecule has 19 heavy (non-hydrogen) atoms. The summed E-state index contributed by atoms with van der Waals surface area (Å²) >= 11 is 0. The highest BCUT2D eigenvalue weighted by Gasteiger charge is 2.41. The molecule has 0 heterocycles. The van der Waals surface area contributed by atoms with Crippen molar-refractivity contribution in [2.45, 2.75) is 65.5 Å². The average Bonchev–Trinajstić information content (AvgIpc) is 2.95. The number of aliphatic carboxylic acids is 1. The largest absolute Gasteiger partial charge is 0.480 e. The van der Waals surface area contributed by atoms with E-state index in [0.29, 0.717) is 12.3 Å². The topological polar surface area (TPSA) is 75.6 Å². The molecule has 1 fully saturated rings. The average molecular weight is 271 g/mol. The van der Waals surface area contributed by atoms with Gasteiger partial charge in [-0.05, 0) is 51.4 Å². The van der Waals surface area contributed by atoms with Gasteiger partial charge in [-0.3, -0.25) is 0 Å². The molecule has 110 valence electrons. The zero-order valence-corrected chi connectivity index (χ0v) is 12.4. The number of hydrogen-bond acceptors (Lipinski definition) is 3. The van der Waals surface area contributed by atoms with Crippen molar-refractivity contribution in [1.29, 1.82) is 0 Å². The molecule has 1 amide bonds. The van der Waals surface area contributed by atoms with Crippen LogP contribution in [0.15, 0.2) is 0 Å². The minimum Gasteiger partial charge on any atom is -0.480 e. The van der Waals surface area contributed by atoms with Gasteiger partial charge in [0, 0.05) is 0 Å². The number of hydrogen-bond donors (Lipinski definition) is 2. The van der Waals surface area contributed by atoms with Crippen LogP contribution >= 0.6 is 0 Å². The summed E-state index contributed by atoms with van der Waals surface area (Å²) in [4.78, 5) is 22.9. The van der Waals surface area contributed by atoms with E-state index < -0.39 is 23.7 Å². The molecule has 1 rings (SSSR count). The van der Waals surface area contributed by atoms with Crippen molar-refractivity contribution < 1.29 is 19.4 Å². The Bertz CT molecular complexity index is 353. The Labute approximate surface area is 114 Å². The van der Waals surface area contributed by atoms with Gasteiger partial charge in [-0.15, -0.1) is 0 Å². The third kappa shape index (κ3) is 5.49. The highest BCUT2D eigenvalue weighted by molar-refractivity contribution is 5.80. The molecule has 0 aromatic heterocycles. The summed E-state index contributed by atoms with van der Waals surface area (Å²) in [5, 5.41) is 11.7. The number of amides is 1. The van der Waals surface area contributed by atoms with E-state index in [1.54, 1.807) is 20.8 Å². The van der Waals surface area contributed by atoms with Gasteiger partial charge in [0.1, 0.15) is 11.6 Å². The van der Waals surface area contributed by atoms with E-state index >= 15 is 0 Å². The van der Waals surface area contributed by atoms with Crippen LogP contribution in [0.3, 0.4) is 0 Å². The number of rotatable bonds is 5. The highest BCUT2D eigenvalue weighted by Crippen LogP contribution is 2.47. The second-order valence-electron chi connectivity index (χ2n) is 7.00. The molecule has 1 unspecified atom stereocenters. The lowest BCUT2D eigenvalue weighted by molar-refractivity contribution is -0.140. The first-order valence-corrected chi connectivity index (χ1v) is 6.73. The Morgan fingerprint density at radius 2 is 1.79 bits per heavy atom. The van der Waals surface area contributed by atoms with Crippen LogP contribution in [0.5, 0.6) is 0 Å². The summed E-state index contributed by atoms with van der Waals surface area (Å²) < 4.78 is 5.10. The van der Waals surface area contributed by atoms with Crippen molar-refractivity contribution >= 4 is 12.1 Å². The van der Waals surface area contributed by atoms with Gasteiger partial charge in [0.2, 0.25) is 0 Å². The summed E-state index contributed by atoms with van der Waals surface area (Å²) in [5.74, 6) is -0.450. The molecular weight excluding hydrogens is 246 g/mol. The molecule has 0 bridgehead atoms. The summed E-state index contributed by atoms with van der Waals surface area (Å²) in [6.07, 6.45) is 2.04. The zero-order chi connectivity index (χ0) is 14.8. The van der Waals surface area contributed by atoms with Crippen LogP contribution in [-0.2, 0) is 9.53 Å². The number of alkyl carbamates (subject to hydrolysis) is 1. The van der Waals surface area contributed by atoms with Crippen molar-refractivity contribution in [1.82, 2.24) is 5.32 Å². The maximum absolute atomic E-state index is 11.6. The smallest absolute Gasteiger partial charge is 0.408 e. The van der Waals surface area contributed by atoms with E-state index in [0.717, 1.165) is 12.8 Å². The first-order chi connectivity index (χ1) is 8.51. The molecule has 1 aliphatic rings.